The van der Waals surface area contributed by atoms with Gasteiger partial charge in [0.15, 0.2) is 11.7 Å². The maximum atomic E-state index is 12.5. The first-order valence-electron chi connectivity index (χ1n) is 6.83. The molecule has 0 saturated heterocycles. The van der Waals surface area contributed by atoms with Gasteiger partial charge in [-0.3, -0.25) is 9.67 Å². The van der Waals surface area contributed by atoms with Gasteiger partial charge in [-0.25, -0.2) is 4.98 Å². The van der Waals surface area contributed by atoms with E-state index in [-0.39, 0.29) is 30.5 Å². The van der Waals surface area contributed by atoms with Gasteiger partial charge in [0, 0.05) is 25.2 Å². The Labute approximate surface area is 158 Å². The van der Waals surface area contributed by atoms with Gasteiger partial charge >= 0.3 is 6.18 Å². The molecule has 2 N–H and O–H groups in total. The van der Waals surface area contributed by atoms with Gasteiger partial charge in [0.25, 0.3) is 0 Å². The maximum absolute atomic E-state index is 12.5. The third-order valence-electron chi connectivity index (χ3n) is 2.87. The smallest absolute Gasteiger partial charge is 0.355 e. The summed E-state index contributed by atoms with van der Waals surface area (Å²) in [6.45, 7) is 3.39. The van der Waals surface area contributed by atoms with Crippen LogP contribution in [0.15, 0.2) is 22.8 Å². The maximum Gasteiger partial charge on any atom is 0.434 e. The summed E-state index contributed by atoms with van der Waals surface area (Å²) in [6.07, 6.45) is -0.712. The van der Waals surface area contributed by atoms with Crippen molar-refractivity contribution in [3.05, 3.63) is 34.0 Å². The first-order chi connectivity index (χ1) is 10.9. The molecular weight excluding hydrogens is 456 g/mol. The SMILES string of the molecule is CN=C(NCCn1cc(C)cn1)NCc1nc(C(F)(F)F)cs1.I. The highest BCUT2D eigenvalue weighted by Gasteiger charge is 2.33. The second-order valence-corrected chi connectivity index (χ2v) is 5.70. The molecule has 2 rings (SSSR count). The van der Waals surface area contributed by atoms with Crippen molar-refractivity contribution in [1.29, 1.82) is 0 Å². The lowest BCUT2D eigenvalue weighted by Gasteiger charge is -2.10. The van der Waals surface area contributed by atoms with E-state index in [1.807, 2.05) is 13.1 Å². The second-order valence-electron chi connectivity index (χ2n) is 4.76. The molecule has 0 aliphatic heterocycles. The van der Waals surface area contributed by atoms with E-state index in [4.69, 9.17) is 0 Å². The summed E-state index contributed by atoms with van der Waals surface area (Å²) >= 11 is 0.962. The molecule has 134 valence electrons. The van der Waals surface area contributed by atoms with Crippen LogP contribution in [0.5, 0.6) is 0 Å². The highest BCUT2D eigenvalue weighted by atomic mass is 127. The number of hydrogen-bond donors (Lipinski definition) is 2. The highest BCUT2D eigenvalue weighted by Crippen LogP contribution is 2.29. The summed E-state index contributed by atoms with van der Waals surface area (Å²) < 4.78 is 39.2. The van der Waals surface area contributed by atoms with Crippen molar-refractivity contribution in [2.45, 2.75) is 26.2 Å². The van der Waals surface area contributed by atoms with Crippen LogP contribution in [0.3, 0.4) is 0 Å². The fourth-order valence-electron chi connectivity index (χ4n) is 1.78. The summed E-state index contributed by atoms with van der Waals surface area (Å²) in [4.78, 5) is 7.57. The molecule has 0 saturated carbocycles. The highest BCUT2D eigenvalue weighted by molar-refractivity contribution is 14.0. The summed E-state index contributed by atoms with van der Waals surface area (Å²) in [7, 11) is 1.59. The summed E-state index contributed by atoms with van der Waals surface area (Å²) in [6, 6.07) is 0. The van der Waals surface area contributed by atoms with Gasteiger partial charge in [-0.2, -0.15) is 18.3 Å². The van der Waals surface area contributed by atoms with Crippen LogP contribution < -0.4 is 10.6 Å². The quantitative estimate of drug-likeness (QED) is 0.398. The number of nitrogens with zero attached hydrogens (tertiary/aromatic N) is 4. The van der Waals surface area contributed by atoms with Crippen molar-refractivity contribution in [3.63, 3.8) is 0 Å². The van der Waals surface area contributed by atoms with Crippen LogP contribution in [0.25, 0.3) is 0 Å². The third kappa shape index (κ3) is 6.26. The number of guanidine groups is 1. The van der Waals surface area contributed by atoms with E-state index >= 15 is 0 Å². The van der Waals surface area contributed by atoms with Crippen molar-refractivity contribution >= 4 is 41.3 Å². The van der Waals surface area contributed by atoms with Crippen LogP contribution in [0.4, 0.5) is 13.2 Å². The topological polar surface area (TPSA) is 67.1 Å². The Hall–Kier alpha value is -1.37. The van der Waals surface area contributed by atoms with Gasteiger partial charge in [-0.15, -0.1) is 35.3 Å². The molecule has 0 atom stereocenters. The van der Waals surface area contributed by atoms with Crippen molar-refractivity contribution in [3.8, 4) is 0 Å². The molecule has 0 spiro atoms. The number of alkyl halides is 3. The van der Waals surface area contributed by atoms with Gasteiger partial charge in [-0.1, -0.05) is 0 Å². The minimum Gasteiger partial charge on any atom is -0.355 e. The van der Waals surface area contributed by atoms with E-state index in [1.54, 1.807) is 17.9 Å². The van der Waals surface area contributed by atoms with Crippen LogP contribution in [-0.2, 0) is 19.3 Å². The molecule has 0 bridgehead atoms. The fourth-order valence-corrected chi connectivity index (χ4v) is 2.52. The number of thiazole rings is 1. The Kier molecular flexibility index (Phi) is 7.93. The van der Waals surface area contributed by atoms with Crippen molar-refractivity contribution in [2.24, 2.45) is 4.99 Å². The lowest BCUT2D eigenvalue weighted by Crippen LogP contribution is -2.38. The zero-order chi connectivity index (χ0) is 16.9. The van der Waals surface area contributed by atoms with E-state index in [1.165, 1.54) is 0 Å². The zero-order valence-corrected chi connectivity index (χ0v) is 16.2. The summed E-state index contributed by atoms with van der Waals surface area (Å²) in [5, 5.41) is 11.5. The van der Waals surface area contributed by atoms with E-state index in [2.05, 4.69) is 25.7 Å². The molecule has 0 unspecified atom stereocenters. The number of aryl methyl sites for hydroxylation is 1. The number of halogens is 4. The second kappa shape index (κ2) is 9.20. The lowest BCUT2D eigenvalue weighted by molar-refractivity contribution is -0.140. The first-order valence-corrected chi connectivity index (χ1v) is 7.71. The van der Waals surface area contributed by atoms with E-state index in [0.29, 0.717) is 24.1 Å². The van der Waals surface area contributed by atoms with Crippen molar-refractivity contribution in [1.82, 2.24) is 25.4 Å². The Balaban J connectivity index is 0.00000288. The molecule has 0 amide bonds. The minimum absolute atomic E-state index is 0. The molecule has 2 aromatic rings. The van der Waals surface area contributed by atoms with Crippen LogP contribution in [0.1, 0.15) is 16.3 Å². The minimum atomic E-state index is -4.41. The number of aliphatic imine (C=N–C) groups is 1. The van der Waals surface area contributed by atoms with E-state index in [9.17, 15) is 13.2 Å². The van der Waals surface area contributed by atoms with Gasteiger partial charge in [0.2, 0.25) is 0 Å². The van der Waals surface area contributed by atoms with Gasteiger partial charge in [0.05, 0.1) is 19.3 Å². The van der Waals surface area contributed by atoms with Crippen molar-refractivity contribution in [2.75, 3.05) is 13.6 Å². The van der Waals surface area contributed by atoms with Crippen LogP contribution in [-0.4, -0.2) is 34.3 Å². The predicted molar refractivity (Wildman–Crippen MR) is 97.7 cm³/mol. The van der Waals surface area contributed by atoms with Crippen LogP contribution in [0.2, 0.25) is 0 Å². The zero-order valence-electron chi connectivity index (χ0n) is 13.1. The molecule has 0 aromatic carbocycles. The van der Waals surface area contributed by atoms with Gasteiger partial charge < -0.3 is 10.6 Å². The van der Waals surface area contributed by atoms with E-state index < -0.39 is 11.9 Å². The predicted octanol–water partition coefficient (Wildman–Crippen LogP) is 2.65. The molecule has 0 fully saturated rings. The Morgan fingerprint density at radius 3 is 2.67 bits per heavy atom. The Morgan fingerprint density at radius 2 is 2.12 bits per heavy atom. The fraction of sp³-hybridized carbons (Fsp3) is 0.462. The lowest BCUT2D eigenvalue weighted by atomic mass is 10.4. The molecule has 2 heterocycles. The molecule has 2 aromatic heterocycles. The normalized spacial score (nSPS) is 12.0. The molecule has 24 heavy (non-hydrogen) atoms. The molecular formula is C13H18F3IN6S. The first kappa shape index (κ1) is 20.7. The Bertz CT molecular complexity index is 667. The number of hydrogen-bond acceptors (Lipinski definition) is 4. The third-order valence-corrected chi connectivity index (χ3v) is 3.72. The van der Waals surface area contributed by atoms with Crippen LogP contribution in [0, 0.1) is 6.92 Å². The standard InChI is InChI=1S/C13H17F3N6S.HI/c1-9-5-20-22(7-9)4-3-18-12(17-2)19-6-11-21-10(8-23-11)13(14,15)16;/h5,7-8H,3-4,6H2,1-2H3,(H2,17,18,19);1H. The van der Waals surface area contributed by atoms with E-state index in [0.717, 1.165) is 22.3 Å². The number of aromatic nitrogens is 3. The largest absolute Gasteiger partial charge is 0.434 e. The molecule has 0 aliphatic carbocycles. The number of rotatable bonds is 5. The molecule has 6 nitrogen and oxygen atoms in total. The summed E-state index contributed by atoms with van der Waals surface area (Å²) in [5.74, 6) is 0.498. The average Bonchev–Trinajstić information content (AvgIpc) is 3.11. The summed E-state index contributed by atoms with van der Waals surface area (Å²) in [5.41, 5.74) is 0.216. The number of nitrogens with one attached hydrogen (secondary N) is 2. The molecule has 0 radical (unpaired) electrons. The average molecular weight is 474 g/mol. The Morgan fingerprint density at radius 1 is 1.38 bits per heavy atom. The van der Waals surface area contributed by atoms with Gasteiger partial charge in [-0.05, 0) is 12.5 Å². The van der Waals surface area contributed by atoms with Gasteiger partial charge in [0.1, 0.15) is 5.01 Å². The van der Waals surface area contributed by atoms with Crippen molar-refractivity contribution < 1.29 is 13.2 Å². The molecule has 0 aliphatic rings. The van der Waals surface area contributed by atoms with Crippen LogP contribution >= 0.6 is 35.3 Å². The monoisotopic (exact) mass is 474 g/mol. The molecule has 11 heteroatoms.